The molecule has 1 aliphatic heterocycles. The van der Waals surface area contributed by atoms with Crippen LogP contribution < -0.4 is 10.6 Å². The molecule has 1 aromatic carbocycles. The van der Waals surface area contributed by atoms with E-state index in [1.54, 1.807) is 26.0 Å². The summed E-state index contributed by atoms with van der Waals surface area (Å²) in [6, 6.07) is 4.67. The Kier molecular flexibility index (Phi) is 3.49. The Morgan fingerprint density at radius 1 is 1.58 bits per heavy atom. The molecule has 1 aromatic rings. The summed E-state index contributed by atoms with van der Waals surface area (Å²) in [7, 11) is 0. The quantitative estimate of drug-likeness (QED) is 0.873. The third-order valence-corrected chi connectivity index (χ3v) is 3.86. The van der Waals surface area contributed by atoms with Crippen molar-refractivity contribution in [1.29, 1.82) is 0 Å². The Morgan fingerprint density at radius 3 is 2.74 bits per heavy atom. The molecular formula is C14H19FN2O2. The van der Waals surface area contributed by atoms with Crippen LogP contribution in [-0.4, -0.2) is 24.1 Å². The second-order valence-electron chi connectivity index (χ2n) is 5.48. The van der Waals surface area contributed by atoms with Gasteiger partial charge in [-0.25, -0.2) is 4.39 Å². The molecule has 1 saturated heterocycles. The van der Waals surface area contributed by atoms with E-state index in [1.165, 1.54) is 6.07 Å². The number of amides is 1. The van der Waals surface area contributed by atoms with Gasteiger partial charge in [-0.15, -0.1) is 0 Å². The molecule has 3 N–H and O–H groups in total. The molecule has 104 valence electrons. The van der Waals surface area contributed by atoms with E-state index in [2.05, 4.69) is 0 Å². The van der Waals surface area contributed by atoms with Crippen molar-refractivity contribution in [2.24, 2.45) is 11.1 Å². The number of hydrogen-bond acceptors (Lipinski definition) is 3. The molecule has 2 atom stereocenters. The molecule has 0 saturated carbocycles. The smallest absolute Gasteiger partial charge is 0.225 e. The van der Waals surface area contributed by atoms with E-state index in [4.69, 9.17) is 5.73 Å². The Labute approximate surface area is 112 Å². The summed E-state index contributed by atoms with van der Waals surface area (Å²) < 4.78 is 14.0. The number of carbonyl (C=O) groups excluding carboxylic acids is 1. The van der Waals surface area contributed by atoms with E-state index < -0.39 is 11.5 Å². The molecule has 0 bridgehead atoms. The third-order valence-electron chi connectivity index (χ3n) is 3.86. The van der Waals surface area contributed by atoms with Gasteiger partial charge >= 0.3 is 0 Å². The monoisotopic (exact) mass is 266 g/mol. The van der Waals surface area contributed by atoms with Crippen molar-refractivity contribution in [2.75, 3.05) is 18.0 Å². The minimum atomic E-state index is -0.696. The number of halogens is 1. The molecule has 4 nitrogen and oxygen atoms in total. The standard InChI is InChI=1S/C14H19FN2O2/c1-9(18)10-3-4-12(11(15)7-10)17-6-5-14(2,8-17)13(16)19/h3-4,7,9,18H,5-6,8H2,1-2H3,(H2,16,19)/t9-,14?/m0/s1. The summed E-state index contributed by atoms with van der Waals surface area (Å²) in [6.07, 6.45) is -0.0714. The molecule has 0 aromatic heterocycles. The average Bonchev–Trinajstić information content (AvgIpc) is 2.73. The van der Waals surface area contributed by atoms with Crippen LogP contribution in [0.4, 0.5) is 10.1 Å². The van der Waals surface area contributed by atoms with Crippen LogP contribution in [-0.2, 0) is 4.79 Å². The van der Waals surface area contributed by atoms with Crippen LogP contribution in [0.3, 0.4) is 0 Å². The summed E-state index contributed by atoms with van der Waals surface area (Å²) in [6.45, 7) is 4.42. The van der Waals surface area contributed by atoms with E-state index in [0.717, 1.165) is 0 Å². The molecule has 1 aliphatic rings. The number of aliphatic hydroxyl groups is 1. The highest BCUT2D eigenvalue weighted by Crippen LogP contribution is 2.34. The first kappa shape index (κ1) is 13.8. The summed E-state index contributed by atoms with van der Waals surface area (Å²) in [5, 5.41) is 9.42. The Bertz CT molecular complexity index is 504. The lowest BCUT2D eigenvalue weighted by Crippen LogP contribution is -2.37. The van der Waals surface area contributed by atoms with Crippen molar-refractivity contribution in [3.05, 3.63) is 29.6 Å². The molecule has 19 heavy (non-hydrogen) atoms. The van der Waals surface area contributed by atoms with Gasteiger partial charge in [-0.2, -0.15) is 0 Å². The lowest BCUT2D eigenvalue weighted by atomic mass is 9.89. The maximum Gasteiger partial charge on any atom is 0.225 e. The van der Waals surface area contributed by atoms with E-state index in [-0.39, 0.29) is 11.7 Å². The number of nitrogens with zero attached hydrogens (tertiary/aromatic N) is 1. The lowest BCUT2D eigenvalue weighted by Gasteiger charge is -2.23. The maximum atomic E-state index is 14.0. The second-order valence-corrected chi connectivity index (χ2v) is 5.48. The second kappa shape index (κ2) is 4.81. The predicted molar refractivity (Wildman–Crippen MR) is 71.2 cm³/mol. The van der Waals surface area contributed by atoms with Crippen LogP contribution in [0.5, 0.6) is 0 Å². The normalized spacial score (nSPS) is 24.5. The zero-order chi connectivity index (χ0) is 14.2. The first-order chi connectivity index (χ1) is 8.83. The average molecular weight is 266 g/mol. The first-order valence-electron chi connectivity index (χ1n) is 6.36. The largest absolute Gasteiger partial charge is 0.389 e. The summed E-state index contributed by atoms with van der Waals surface area (Å²) in [4.78, 5) is 13.2. The molecule has 2 rings (SSSR count). The summed E-state index contributed by atoms with van der Waals surface area (Å²) >= 11 is 0. The van der Waals surface area contributed by atoms with Gasteiger partial charge in [0.25, 0.3) is 0 Å². The van der Waals surface area contributed by atoms with Crippen molar-refractivity contribution in [3.8, 4) is 0 Å². The molecule has 0 spiro atoms. The van der Waals surface area contributed by atoms with Crippen molar-refractivity contribution in [1.82, 2.24) is 0 Å². The molecule has 1 amide bonds. The van der Waals surface area contributed by atoms with Crippen LogP contribution in [0, 0.1) is 11.2 Å². The van der Waals surface area contributed by atoms with Crippen LogP contribution in [0.25, 0.3) is 0 Å². The Morgan fingerprint density at radius 2 is 2.26 bits per heavy atom. The minimum absolute atomic E-state index is 0.351. The highest BCUT2D eigenvalue weighted by molar-refractivity contribution is 5.82. The van der Waals surface area contributed by atoms with Crippen LogP contribution in [0.2, 0.25) is 0 Å². The van der Waals surface area contributed by atoms with Gasteiger partial charge in [0.15, 0.2) is 0 Å². The highest BCUT2D eigenvalue weighted by Gasteiger charge is 2.39. The molecular weight excluding hydrogens is 247 g/mol. The number of rotatable bonds is 3. The van der Waals surface area contributed by atoms with Gasteiger partial charge in [0, 0.05) is 13.1 Å². The SMILES string of the molecule is C[C@H](O)c1ccc(N2CCC(C)(C(N)=O)C2)c(F)c1. The number of carbonyl (C=O) groups is 1. The zero-order valence-corrected chi connectivity index (χ0v) is 11.2. The summed E-state index contributed by atoms with van der Waals surface area (Å²) in [5.41, 5.74) is 5.77. The van der Waals surface area contributed by atoms with Gasteiger partial charge in [-0.05, 0) is 38.0 Å². The number of nitrogens with two attached hydrogens (primary N) is 1. The van der Waals surface area contributed by atoms with Crippen LogP contribution in [0.1, 0.15) is 31.9 Å². The van der Waals surface area contributed by atoms with E-state index in [1.807, 2.05) is 4.90 Å². The van der Waals surface area contributed by atoms with E-state index in [9.17, 15) is 14.3 Å². The predicted octanol–water partition coefficient (Wildman–Crippen LogP) is 1.58. The topological polar surface area (TPSA) is 66.6 Å². The van der Waals surface area contributed by atoms with Crippen molar-refractivity contribution in [2.45, 2.75) is 26.4 Å². The number of anilines is 1. The fourth-order valence-corrected chi connectivity index (χ4v) is 2.41. The highest BCUT2D eigenvalue weighted by atomic mass is 19.1. The number of aliphatic hydroxyl groups excluding tert-OH is 1. The van der Waals surface area contributed by atoms with Gasteiger partial charge in [0.2, 0.25) is 5.91 Å². The molecule has 0 aliphatic carbocycles. The first-order valence-corrected chi connectivity index (χ1v) is 6.36. The van der Waals surface area contributed by atoms with Gasteiger partial charge in [-0.3, -0.25) is 4.79 Å². The van der Waals surface area contributed by atoms with Gasteiger partial charge in [0.05, 0.1) is 17.2 Å². The van der Waals surface area contributed by atoms with Gasteiger partial charge < -0.3 is 15.7 Å². The Balaban J connectivity index is 2.23. The third kappa shape index (κ3) is 2.56. The lowest BCUT2D eigenvalue weighted by molar-refractivity contribution is -0.125. The van der Waals surface area contributed by atoms with Gasteiger partial charge in [0.1, 0.15) is 5.82 Å². The minimum Gasteiger partial charge on any atom is -0.389 e. The molecule has 5 heteroatoms. The number of hydrogen-bond donors (Lipinski definition) is 2. The zero-order valence-electron chi connectivity index (χ0n) is 11.2. The van der Waals surface area contributed by atoms with E-state index in [0.29, 0.717) is 30.8 Å². The van der Waals surface area contributed by atoms with Crippen molar-refractivity contribution < 1.29 is 14.3 Å². The van der Waals surface area contributed by atoms with E-state index >= 15 is 0 Å². The molecule has 1 fully saturated rings. The fourth-order valence-electron chi connectivity index (χ4n) is 2.41. The van der Waals surface area contributed by atoms with Crippen LogP contribution >= 0.6 is 0 Å². The number of benzene rings is 1. The van der Waals surface area contributed by atoms with Crippen molar-refractivity contribution >= 4 is 11.6 Å². The van der Waals surface area contributed by atoms with Gasteiger partial charge in [-0.1, -0.05) is 6.07 Å². The summed E-state index contributed by atoms with van der Waals surface area (Å²) in [5.74, 6) is -0.733. The van der Waals surface area contributed by atoms with Crippen LogP contribution in [0.15, 0.2) is 18.2 Å². The molecule has 1 heterocycles. The Hall–Kier alpha value is -1.62. The fraction of sp³-hybridized carbons (Fsp3) is 0.500. The molecule has 1 unspecified atom stereocenters. The maximum absolute atomic E-state index is 14.0. The number of primary amides is 1. The van der Waals surface area contributed by atoms with Crippen molar-refractivity contribution in [3.63, 3.8) is 0 Å². The molecule has 0 radical (unpaired) electrons.